The number of aryl methyl sites for hydroxylation is 1. The van der Waals surface area contributed by atoms with Crippen molar-refractivity contribution in [3.05, 3.63) is 65.2 Å². The molecule has 2 atom stereocenters. The summed E-state index contributed by atoms with van der Waals surface area (Å²) in [5.74, 6) is 0.731. The van der Waals surface area contributed by atoms with Gasteiger partial charge in [0.25, 0.3) is 0 Å². The van der Waals surface area contributed by atoms with Gasteiger partial charge >= 0.3 is 0 Å². The summed E-state index contributed by atoms with van der Waals surface area (Å²) in [5, 5.41) is 15.7. The highest BCUT2D eigenvalue weighted by Crippen LogP contribution is 2.37. The molecule has 1 N–H and O–H groups in total. The molecule has 0 fully saturated rings. The molecule has 3 aromatic rings. The highest BCUT2D eigenvalue weighted by atomic mass is 32.2. The van der Waals surface area contributed by atoms with Crippen LogP contribution in [0.1, 0.15) is 42.1 Å². The minimum atomic E-state index is 0.137. The summed E-state index contributed by atoms with van der Waals surface area (Å²) in [4.78, 5) is 1.27. The Morgan fingerprint density at radius 1 is 1.08 bits per heavy atom. The first-order valence-electron chi connectivity index (χ1n) is 8.55. The van der Waals surface area contributed by atoms with E-state index in [-0.39, 0.29) is 12.1 Å². The number of fused-ring (bicyclic) bond motifs is 1. The molecule has 0 amide bonds. The first kappa shape index (κ1) is 16.1. The van der Waals surface area contributed by atoms with Crippen LogP contribution in [0.15, 0.2) is 53.4 Å². The lowest BCUT2D eigenvalue weighted by molar-refractivity contribution is 0.423. The molecule has 1 aliphatic heterocycles. The Morgan fingerprint density at radius 2 is 1.80 bits per heavy atom. The van der Waals surface area contributed by atoms with Crippen molar-refractivity contribution in [2.24, 2.45) is 0 Å². The molecular weight excluding hydrogens is 330 g/mol. The topological polar surface area (TPSA) is 55.6 Å². The fourth-order valence-corrected chi connectivity index (χ4v) is 3.75. The molecule has 0 spiro atoms. The van der Waals surface area contributed by atoms with Gasteiger partial charge in [0.2, 0.25) is 5.95 Å². The van der Waals surface area contributed by atoms with E-state index >= 15 is 0 Å². The van der Waals surface area contributed by atoms with Crippen molar-refractivity contribution >= 4 is 17.7 Å². The Labute approximate surface area is 151 Å². The number of nitrogens with one attached hydrogen (secondary N) is 1. The molecule has 4 rings (SSSR count). The van der Waals surface area contributed by atoms with E-state index in [4.69, 9.17) is 0 Å². The van der Waals surface area contributed by atoms with Crippen LogP contribution in [0.25, 0.3) is 0 Å². The number of tetrazole rings is 1. The van der Waals surface area contributed by atoms with Gasteiger partial charge < -0.3 is 5.32 Å². The number of thioether (sulfide) groups is 1. The maximum atomic E-state index is 4.20. The molecule has 6 heteroatoms. The van der Waals surface area contributed by atoms with Gasteiger partial charge in [-0.05, 0) is 58.3 Å². The number of hydrogen-bond acceptors (Lipinski definition) is 5. The van der Waals surface area contributed by atoms with Gasteiger partial charge in [-0.1, -0.05) is 48.4 Å². The normalized spacial score (nSPS) is 19.3. The second-order valence-corrected chi connectivity index (χ2v) is 7.14. The third-order valence-electron chi connectivity index (χ3n) is 4.84. The summed E-state index contributed by atoms with van der Waals surface area (Å²) in [6.45, 7) is 2.18. The van der Waals surface area contributed by atoms with Crippen molar-refractivity contribution in [1.82, 2.24) is 20.2 Å². The van der Waals surface area contributed by atoms with Crippen molar-refractivity contribution in [1.29, 1.82) is 0 Å². The minimum absolute atomic E-state index is 0.137. The number of hydrogen-bond donors (Lipinski definition) is 1. The zero-order valence-electron chi connectivity index (χ0n) is 14.4. The van der Waals surface area contributed by atoms with Crippen LogP contribution in [0, 0.1) is 0 Å². The van der Waals surface area contributed by atoms with Crippen molar-refractivity contribution in [3.8, 4) is 0 Å². The van der Waals surface area contributed by atoms with Gasteiger partial charge in [0.05, 0.1) is 12.1 Å². The lowest BCUT2D eigenvalue weighted by Gasteiger charge is -2.31. The molecule has 0 aliphatic carbocycles. The van der Waals surface area contributed by atoms with Gasteiger partial charge in [0.15, 0.2) is 0 Å². The van der Waals surface area contributed by atoms with Crippen LogP contribution in [0.2, 0.25) is 0 Å². The predicted molar refractivity (Wildman–Crippen MR) is 101 cm³/mol. The third kappa shape index (κ3) is 3.14. The van der Waals surface area contributed by atoms with Crippen LogP contribution >= 0.6 is 11.8 Å². The summed E-state index contributed by atoms with van der Waals surface area (Å²) in [5.41, 5.74) is 3.87. The summed E-state index contributed by atoms with van der Waals surface area (Å²) in [7, 11) is 0. The number of nitrogens with zero attached hydrogens (tertiary/aromatic N) is 4. The molecule has 0 radical (unpaired) electrons. The minimum Gasteiger partial charge on any atom is -0.346 e. The van der Waals surface area contributed by atoms with Crippen LogP contribution in [0.3, 0.4) is 0 Å². The van der Waals surface area contributed by atoms with E-state index < -0.39 is 0 Å². The summed E-state index contributed by atoms with van der Waals surface area (Å²) in [6.07, 6.45) is 4.07. The quantitative estimate of drug-likeness (QED) is 0.717. The summed E-state index contributed by atoms with van der Waals surface area (Å²) in [6, 6.07) is 17.9. The molecule has 1 aromatic heterocycles. The van der Waals surface area contributed by atoms with Gasteiger partial charge in [-0.25, -0.2) is 4.68 Å². The Bertz CT molecular complexity index is 841. The largest absolute Gasteiger partial charge is 0.346 e. The van der Waals surface area contributed by atoms with Crippen molar-refractivity contribution in [2.45, 2.75) is 36.7 Å². The molecule has 0 unspecified atom stereocenters. The number of benzene rings is 2. The molecule has 0 saturated heterocycles. The molecular formula is C19H21N5S. The van der Waals surface area contributed by atoms with E-state index in [2.05, 4.69) is 82.6 Å². The Kier molecular flexibility index (Phi) is 4.44. The fourth-order valence-electron chi connectivity index (χ4n) is 3.34. The Hall–Kier alpha value is -2.34. The number of anilines is 1. The Balaban J connectivity index is 1.66. The van der Waals surface area contributed by atoms with E-state index in [9.17, 15) is 0 Å². The molecule has 128 valence electrons. The van der Waals surface area contributed by atoms with Gasteiger partial charge in [-0.3, -0.25) is 0 Å². The van der Waals surface area contributed by atoms with Crippen LogP contribution in [-0.4, -0.2) is 26.5 Å². The average molecular weight is 351 g/mol. The van der Waals surface area contributed by atoms with Crippen molar-refractivity contribution < 1.29 is 0 Å². The first-order valence-corrected chi connectivity index (χ1v) is 9.78. The maximum Gasteiger partial charge on any atom is 0.243 e. The second-order valence-electron chi connectivity index (χ2n) is 6.26. The van der Waals surface area contributed by atoms with E-state index in [0.29, 0.717) is 0 Å². The van der Waals surface area contributed by atoms with Gasteiger partial charge in [-0.15, -0.1) is 11.8 Å². The van der Waals surface area contributed by atoms with E-state index in [0.717, 1.165) is 18.8 Å². The number of aromatic nitrogens is 4. The van der Waals surface area contributed by atoms with Gasteiger partial charge in [0, 0.05) is 4.90 Å². The smallest absolute Gasteiger partial charge is 0.243 e. The van der Waals surface area contributed by atoms with Crippen LogP contribution in [0.5, 0.6) is 0 Å². The average Bonchev–Trinajstić information content (AvgIpc) is 3.16. The standard InChI is InChI=1S/C19H21N5S/c1-3-13-4-6-14(7-5-13)17-12-18(24-19(20-17)21-22-23-24)15-8-10-16(25-2)11-9-15/h4-11,17-18H,3,12H2,1-2H3,(H,20,21,23)/t17-,18+/m0/s1. The highest BCUT2D eigenvalue weighted by molar-refractivity contribution is 7.98. The molecule has 2 heterocycles. The monoisotopic (exact) mass is 351 g/mol. The van der Waals surface area contributed by atoms with E-state index in [1.807, 2.05) is 4.68 Å². The third-order valence-corrected chi connectivity index (χ3v) is 5.58. The van der Waals surface area contributed by atoms with Crippen LogP contribution in [-0.2, 0) is 6.42 Å². The molecule has 1 aliphatic rings. The first-order chi connectivity index (χ1) is 12.3. The zero-order valence-corrected chi connectivity index (χ0v) is 15.2. The lowest BCUT2D eigenvalue weighted by atomic mass is 9.93. The number of rotatable bonds is 4. The van der Waals surface area contributed by atoms with Crippen LogP contribution < -0.4 is 5.32 Å². The molecule has 25 heavy (non-hydrogen) atoms. The maximum absolute atomic E-state index is 4.20. The van der Waals surface area contributed by atoms with Gasteiger partial charge in [-0.2, -0.15) is 0 Å². The zero-order chi connectivity index (χ0) is 17.2. The molecule has 2 aromatic carbocycles. The van der Waals surface area contributed by atoms with E-state index in [1.165, 1.54) is 21.6 Å². The summed E-state index contributed by atoms with van der Waals surface area (Å²) >= 11 is 1.75. The van der Waals surface area contributed by atoms with E-state index in [1.54, 1.807) is 11.8 Å². The van der Waals surface area contributed by atoms with Crippen molar-refractivity contribution in [2.75, 3.05) is 11.6 Å². The lowest BCUT2D eigenvalue weighted by Crippen LogP contribution is -2.28. The SMILES string of the molecule is CCc1ccc([C@@H]2C[C@H](c3ccc(SC)cc3)n3nnnc3N2)cc1. The second kappa shape index (κ2) is 6.88. The van der Waals surface area contributed by atoms with Crippen molar-refractivity contribution in [3.63, 3.8) is 0 Å². The molecule has 5 nitrogen and oxygen atoms in total. The fraction of sp³-hybridized carbons (Fsp3) is 0.316. The Morgan fingerprint density at radius 3 is 2.48 bits per heavy atom. The highest BCUT2D eigenvalue weighted by Gasteiger charge is 2.30. The molecule has 0 bridgehead atoms. The van der Waals surface area contributed by atoms with Gasteiger partial charge in [0.1, 0.15) is 0 Å². The summed E-state index contributed by atoms with van der Waals surface area (Å²) < 4.78 is 1.89. The molecule has 0 saturated carbocycles. The van der Waals surface area contributed by atoms with Crippen LogP contribution in [0.4, 0.5) is 5.95 Å². The predicted octanol–water partition coefficient (Wildman–Crippen LogP) is 4.10.